The van der Waals surface area contributed by atoms with E-state index in [0.717, 1.165) is 35.1 Å². The van der Waals surface area contributed by atoms with Crippen LogP contribution < -0.4 is 15.0 Å². The minimum atomic E-state index is -0.153. The molecule has 27 heavy (non-hydrogen) atoms. The molecule has 0 radical (unpaired) electrons. The summed E-state index contributed by atoms with van der Waals surface area (Å²) in [5.41, 5.74) is 3.14. The van der Waals surface area contributed by atoms with E-state index in [9.17, 15) is 4.79 Å². The van der Waals surface area contributed by atoms with Gasteiger partial charge in [0.05, 0.1) is 0 Å². The highest BCUT2D eigenvalue weighted by molar-refractivity contribution is 5.93. The first-order chi connectivity index (χ1) is 13.2. The molecular formula is C23H24N2O2. The van der Waals surface area contributed by atoms with Crippen molar-refractivity contribution in [1.29, 1.82) is 0 Å². The smallest absolute Gasteiger partial charge is 0.262 e. The van der Waals surface area contributed by atoms with Gasteiger partial charge >= 0.3 is 0 Å². The molecule has 3 aromatic rings. The molecule has 1 aliphatic rings. The summed E-state index contributed by atoms with van der Waals surface area (Å²) in [5.74, 6) is 0.546. The summed E-state index contributed by atoms with van der Waals surface area (Å²) in [7, 11) is 0. The van der Waals surface area contributed by atoms with Crippen molar-refractivity contribution in [2.24, 2.45) is 0 Å². The van der Waals surface area contributed by atoms with Crippen LogP contribution in [0.5, 0.6) is 5.75 Å². The van der Waals surface area contributed by atoms with E-state index in [-0.39, 0.29) is 12.5 Å². The lowest BCUT2D eigenvalue weighted by molar-refractivity contribution is -0.118. The molecule has 1 saturated heterocycles. The zero-order chi connectivity index (χ0) is 18.6. The predicted octanol–water partition coefficient (Wildman–Crippen LogP) is 4.77. The van der Waals surface area contributed by atoms with Gasteiger partial charge in [-0.25, -0.2) is 0 Å². The second kappa shape index (κ2) is 7.70. The van der Waals surface area contributed by atoms with Crippen molar-refractivity contribution in [2.45, 2.75) is 19.8 Å². The third-order valence-corrected chi connectivity index (χ3v) is 5.05. The van der Waals surface area contributed by atoms with Gasteiger partial charge in [-0.05, 0) is 66.4 Å². The molecule has 0 unspecified atom stereocenters. The van der Waals surface area contributed by atoms with Gasteiger partial charge in [-0.15, -0.1) is 0 Å². The van der Waals surface area contributed by atoms with E-state index in [1.54, 1.807) is 0 Å². The molecule has 1 aliphatic heterocycles. The first-order valence-corrected chi connectivity index (χ1v) is 9.46. The van der Waals surface area contributed by atoms with E-state index >= 15 is 0 Å². The Morgan fingerprint density at radius 3 is 2.56 bits per heavy atom. The van der Waals surface area contributed by atoms with E-state index < -0.39 is 0 Å². The Bertz CT molecular complexity index is 962. The number of aryl methyl sites for hydroxylation is 1. The first-order valence-electron chi connectivity index (χ1n) is 9.46. The maximum Gasteiger partial charge on any atom is 0.262 e. The van der Waals surface area contributed by atoms with Crippen LogP contribution in [0.1, 0.15) is 18.4 Å². The Kier molecular flexibility index (Phi) is 4.97. The molecule has 4 nitrogen and oxygen atoms in total. The van der Waals surface area contributed by atoms with Gasteiger partial charge in [0.25, 0.3) is 5.91 Å². The SMILES string of the molecule is Cc1cc(N2CCCC2)ccc1NC(=O)COc1ccc2ccccc2c1. The number of nitrogens with zero attached hydrogens (tertiary/aromatic N) is 1. The van der Waals surface area contributed by atoms with Crippen LogP contribution in [0.25, 0.3) is 10.8 Å². The quantitative estimate of drug-likeness (QED) is 0.713. The lowest BCUT2D eigenvalue weighted by atomic mass is 10.1. The standard InChI is InChI=1S/C23H24N2O2/c1-17-14-20(25-12-4-5-13-25)9-11-22(17)24-23(26)16-27-21-10-8-18-6-2-3-7-19(18)15-21/h2-3,6-11,14-15H,4-5,12-13,16H2,1H3,(H,24,26). The highest BCUT2D eigenvalue weighted by atomic mass is 16.5. The van der Waals surface area contributed by atoms with Gasteiger partial charge in [0.2, 0.25) is 0 Å². The van der Waals surface area contributed by atoms with Crippen molar-refractivity contribution >= 4 is 28.1 Å². The highest BCUT2D eigenvalue weighted by Crippen LogP contribution is 2.25. The number of rotatable bonds is 5. The number of nitrogens with one attached hydrogen (secondary N) is 1. The van der Waals surface area contributed by atoms with Gasteiger partial charge in [-0.3, -0.25) is 4.79 Å². The fraction of sp³-hybridized carbons (Fsp3) is 0.261. The monoisotopic (exact) mass is 360 g/mol. The van der Waals surface area contributed by atoms with Gasteiger partial charge in [-0.1, -0.05) is 30.3 Å². The molecule has 1 heterocycles. The largest absolute Gasteiger partial charge is 0.484 e. The van der Waals surface area contributed by atoms with E-state index in [1.165, 1.54) is 18.5 Å². The van der Waals surface area contributed by atoms with Crippen molar-refractivity contribution < 1.29 is 9.53 Å². The molecule has 4 heteroatoms. The van der Waals surface area contributed by atoms with Crippen molar-refractivity contribution in [3.05, 3.63) is 66.2 Å². The van der Waals surface area contributed by atoms with Crippen LogP contribution in [0.4, 0.5) is 11.4 Å². The summed E-state index contributed by atoms with van der Waals surface area (Å²) in [6, 6.07) is 20.2. The molecule has 0 spiro atoms. The molecule has 0 bridgehead atoms. The number of anilines is 2. The zero-order valence-corrected chi connectivity index (χ0v) is 15.6. The van der Waals surface area contributed by atoms with Crippen LogP contribution in [0.2, 0.25) is 0 Å². The highest BCUT2D eigenvalue weighted by Gasteiger charge is 2.14. The van der Waals surface area contributed by atoms with Crippen molar-refractivity contribution in [3.63, 3.8) is 0 Å². The van der Waals surface area contributed by atoms with E-state index in [0.29, 0.717) is 5.75 Å². The zero-order valence-electron chi connectivity index (χ0n) is 15.6. The van der Waals surface area contributed by atoms with E-state index in [2.05, 4.69) is 28.4 Å². The number of hydrogen-bond donors (Lipinski definition) is 1. The number of ether oxygens (including phenoxy) is 1. The summed E-state index contributed by atoms with van der Waals surface area (Å²) in [6.45, 7) is 4.25. The van der Waals surface area contributed by atoms with Crippen LogP contribution >= 0.6 is 0 Å². The van der Waals surface area contributed by atoms with Gasteiger partial charge in [0.15, 0.2) is 6.61 Å². The summed E-state index contributed by atoms with van der Waals surface area (Å²) >= 11 is 0. The van der Waals surface area contributed by atoms with Crippen molar-refractivity contribution in [2.75, 3.05) is 29.9 Å². The fourth-order valence-corrected chi connectivity index (χ4v) is 3.55. The van der Waals surface area contributed by atoms with Gasteiger partial charge in [0.1, 0.15) is 5.75 Å². The lowest BCUT2D eigenvalue weighted by Gasteiger charge is -2.19. The van der Waals surface area contributed by atoms with Crippen LogP contribution in [0.15, 0.2) is 60.7 Å². The van der Waals surface area contributed by atoms with Crippen LogP contribution in [-0.4, -0.2) is 25.6 Å². The predicted molar refractivity (Wildman–Crippen MR) is 111 cm³/mol. The topological polar surface area (TPSA) is 41.6 Å². The molecule has 1 fully saturated rings. The third kappa shape index (κ3) is 4.05. The van der Waals surface area contributed by atoms with Gasteiger partial charge in [-0.2, -0.15) is 0 Å². The number of carbonyl (C=O) groups excluding carboxylic acids is 1. The Balaban J connectivity index is 1.37. The minimum absolute atomic E-state index is 0.00828. The Morgan fingerprint density at radius 2 is 1.78 bits per heavy atom. The van der Waals surface area contributed by atoms with Gasteiger partial charge < -0.3 is 15.0 Å². The molecule has 138 valence electrons. The third-order valence-electron chi connectivity index (χ3n) is 5.05. The van der Waals surface area contributed by atoms with Crippen LogP contribution in [-0.2, 0) is 4.79 Å². The van der Waals surface area contributed by atoms with Crippen molar-refractivity contribution in [1.82, 2.24) is 0 Å². The second-order valence-electron chi connectivity index (χ2n) is 7.04. The minimum Gasteiger partial charge on any atom is -0.484 e. The Hall–Kier alpha value is -3.01. The summed E-state index contributed by atoms with van der Waals surface area (Å²) < 4.78 is 5.67. The van der Waals surface area contributed by atoms with Crippen LogP contribution in [0, 0.1) is 6.92 Å². The second-order valence-corrected chi connectivity index (χ2v) is 7.04. The molecule has 3 aromatic carbocycles. The normalized spacial score (nSPS) is 13.7. The lowest BCUT2D eigenvalue weighted by Crippen LogP contribution is -2.21. The number of fused-ring (bicyclic) bond motifs is 1. The Labute approximate surface area is 159 Å². The summed E-state index contributed by atoms with van der Waals surface area (Å²) in [6.07, 6.45) is 2.51. The molecule has 0 aromatic heterocycles. The van der Waals surface area contributed by atoms with E-state index in [1.807, 2.05) is 49.4 Å². The van der Waals surface area contributed by atoms with Crippen LogP contribution in [0.3, 0.4) is 0 Å². The number of hydrogen-bond acceptors (Lipinski definition) is 3. The average molecular weight is 360 g/mol. The molecule has 0 aliphatic carbocycles. The summed E-state index contributed by atoms with van der Waals surface area (Å²) in [4.78, 5) is 14.7. The fourth-order valence-electron chi connectivity index (χ4n) is 3.55. The molecular weight excluding hydrogens is 336 g/mol. The van der Waals surface area contributed by atoms with Crippen molar-refractivity contribution in [3.8, 4) is 5.75 Å². The van der Waals surface area contributed by atoms with E-state index in [4.69, 9.17) is 4.74 Å². The van der Waals surface area contributed by atoms with Gasteiger partial charge in [0, 0.05) is 24.5 Å². The number of benzene rings is 3. The summed E-state index contributed by atoms with van der Waals surface area (Å²) in [5, 5.41) is 5.21. The number of amides is 1. The Morgan fingerprint density at radius 1 is 1.00 bits per heavy atom. The average Bonchev–Trinajstić information content (AvgIpc) is 3.22. The molecule has 4 rings (SSSR count). The number of carbonyl (C=O) groups is 1. The molecule has 1 N–H and O–H groups in total. The maximum absolute atomic E-state index is 12.3. The maximum atomic E-state index is 12.3. The molecule has 1 amide bonds. The molecule has 0 saturated carbocycles. The first kappa shape index (κ1) is 17.4. The molecule has 0 atom stereocenters.